The number of pyridine rings is 2. The van der Waals surface area contributed by atoms with Gasteiger partial charge in [-0.2, -0.15) is 0 Å². The first-order chi connectivity index (χ1) is 12.3. The van der Waals surface area contributed by atoms with Crippen molar-refractivity contribution in [3.8, 4) is 17.1 Å². The molecule has 0 unspecified atom stereocenters. The van der Waals surface area contributed by atoms with Crippen LogP contribution in [0.25, 0.3) is 17.1 Å². The fraction of sp³-hybridized carbons (Fsp3) is 0. The van der Waals surface area contributed by atoms with E-state index in [0.29, 0.717) is 16.5 Å². The summed E-state index contributed by atoms with van der Waals surface area (Å²) < 4.78 is 1.74. The van der Waals surface area contributed by atoms with Crippen LogP contribution in [0.2, 0.25) is 0 Å². The van der Waals surface area contributed by atoms with E-state index in [1.807, 2.05) is 17.5 Å². The number of imidazole rings is 1. The Hall–Kier alpha value is -3.39. The second-order valence-electron chi connectivity index (χ2n) is 5.11. The topological polar surface area (TPSA) is 85.6 Å². The highest BCUT2D eigenvalue weighted by Gasteiger charge is 2.11. The average Bonchev–Trinajstić information content (AvgIpc) is 3.35. The van der Waals surface area contributed by atoms with Crippen LogP contribution in [0.5, 0.6) is 0 Å². The molecular formula is C17H12N6OS. The molecule has 1 amide bonds. The van der Waals surface area contributed by atoms with E-state index in [1.165, 1.54) is 11.3 Å². The predicted molar refractivity (Wildman–Crippen MR) is 94.7 cm³/mol. The van der Waals surface area contributed by atoms with Crippen molar-refractivity contribution in [3.05, 3.63) is 72.5 Å². The number of nitrogens with one attached hydrogen (secondary N) is 1. The van der Waals surface area contributed by atoms with Crippen LogP contribution >= 0.6 is 11.3 Å². The number of thiazole rings is 1. The van der Waals surface area contributed by atoms with Crippen LogP contribution in [0.4, 0.5) is 5.13 Å². The van der Waals surface area contributed by atoms with E-state index >= 15 is 0 Å². The number of rotatable bonds is 4. The van der Waals surface area contributed by atoms with E-state index in [-0.39, 0.29) is 5.91 Å². The number of amides is 1. The molecule has 1 N–H and O–H groups in total. The van der Waals surface area contributed by atoms with Gasteiger partial charge >= 0.3 is 0 Å². The lowest BCUT2D eigenvalue weighted by molar-refractivity contribution is 0.102. The maximum absolute atomic E-state index is 12.5. The number of carbonyl (C=O) groups is 1. The Balaban J connectivity index is 1.53. The Morgan fingerprint density at radius 3 is 2.92 bits per heavy atom. The zero-order valence-corrected chi connectivity index (χ0v) is 13.7. The minimum Gasteiger partial charge on any atom is -0.298 e. The summed E-state index contributed by atoms with van der Waals surface area (Å²) >= 11 is 1.37. The van der Waals surface area contributed by atoms with Gasteiger partial charge in [-0.25, -0.2) is 15.0 Å². The molecule has 4 heterocycles. The highest BCUT2D eigenvalue weighted by molar-refractivity contribution is 7.14. The van der Waals surface area contributed by atoms with Gasteiger partial charge in [-0.1, -0.05) is 0 Å². The van der Waals surface area contributed by atoms with Gasteiger partial charge in [-0.3, -0.25) is 19.7 Å². The second-order valence-corrected chi connectivity index (χ2v) is 5.96. The van der Waals surface area contributed by atoms with Crippen molar-refractivity contribution >= 4 is 22.4 Å². The summed E-state index contributed by atoms with van der Waals surface area (Å²) in [6.45, 7) is 0. The molecule has 4 aromatic heterocycles. The smallest absolute Gasteiger partial charge is 0.257 e. The zero-order valence-electron chi connectivity index (χ0n) is 12.9. The van der Waals surface area contributed by atoms with E-state index in [2.05, 4.69) is 25.3 Å². The standard InChI is InChI=1S/C17H12N6OS/c24-16(12-3-5-20-15(8-12)23-7-6-19-11-23)22-17-21-14(10-25-17)13-2-1-4-18-9-13/h1-11H,(H,21,22,24). The third kappa shape index (κ3) is 3.29. The molecule has 4 rings (SSSR count). The van der Waals surface area contributed by atoms with Crippen molar-refractivity contribution in [1.82, 2.24) is 24.5 Å². The van der Waals surface area contributed by atoms with Crippen LogP contribution in [0, 0.1) is 0 Å². The Morgan fingerprint density at radius 1 is 1.16 bits per heavy atom. The molecule has 7 nitrogen and oxygen atoms in total. The van der Waals surface area contributed by atoms with E-state index in [0.717, 1.165) is 11.3 Å². The average molecular weight is 348 g/mol. The van der Waals surface area contributed by atoms with Gasteiger partial charge < -0.3 is 0 Å². The second kappa shape index (κ2) is 6.62. The van der Waals surface area contributed by atoms with Gasteiger partial charge in [0.25, 0.3) is 5.91 Å². The molecule has 4 aromatic rings. The van der Waals surface area contributed by atoms with Crippen molar-refractivity contribution in [1.29, 1.82) is 0 Å². The molecule has 0 aliphatic carbocycles. The highest BCUT2D eigenvalue weighted by Crippen LogP contribution is 2.24. The molecule has 0 aromatic carbocycles. The number of nitrogens with zero attached hydrogens (tertiary/aromatic N) is 5. The largest absolute Gasteiger partial charge is 0.298 e. The SMILES string of the molecule is O=C(Nc1nc(-c2cccnc2)cs1)c1ccnc(-n2ccnc2)c1. The van der Waals surface area contributed by atoms with Crippen LogP contribution in [0.15, 0.2) is 67.0 Å². The zero-order chi connectivity index (χ0) is 17.1. The third-order valence-electron chi connectivity index (χ3n) is 3.46. The van der Waals surface area contributed by atoms with Crippen molar-refractivity contribution in [2.75, 3.05) is 5.32 Å². The van der Waals surface area contributed by atoms with Gasteiger partial charge in [-0.15, -0.1) is 11.3 Å². The summed E-state index contributed by atoms with van der Waals surface area (Å²) in [4.78, 5) is 29.2. The van der Waals surface area contributed by atoms with Crippen LogP contribution in [-0.2, 0) is 0 Å². The molecular weight excluding hydrogens is 336 g/mol. The molecule has 8 heteroatoms. The van der Waals surface area contributed by atoms with Gasteiger partial charge in [0, 0.05) is 47.5 Å². The van der Waals surface area contributed by atoms with Gasteiger partial charge in [0.2, 0.25) is 0 Å². The lowest BCUT2D eigenvalue weighted by Crippen LogP contribution is -2.12. The lowest BCUT2D eigenvalue weighted by Gasteiger charge is -2.05. The molecule has 0 saturated carbocycles. The van der Waals surface area contributed by atoms with E-state index in [9.17, 15) is 4.79 Å². The van der Waals surface area contributed by atoms with E-state index in [4.69, 9.17) is 0 Å². The molecule has 0 saturated heterocycles. The van der Waals surface area contributed by atoms with Crippen molar-refractivity contribution in [2.45, 2.75) is 0 Å². The molecule has 0 aliphatic rings. The first kappa shape index (κ1) is 15.2. The molecule has 0 atom stereocenters. The number of anilines is 1. The summed E-state index contributed by atoms with van der Waals surface area (Å²) in [5.74, 6) is 0.385. The van der Waals surface area contributed by atoms with Crippen LogP contribution in [-0.4, -0.2) is 30.4 Å². The molecule has 0 radical (unpaired) electrons. The Kier molecular flexibility index (Phi) is 4.01. The molecule has 25 heavy (non-hydrogen) atoms. The van der Waals surface area contributed by atoms with Gasteiger partial charge in [-0.05, 0) is 24.3 Å². The summed E-state index contributed by atoms with van der Waals surface area (Å²) in [6.07, 6.45) is 10.1. The van der Waals surface area contributed by atoms with Crippen molar-refractivity contribution in [3.63, 3.8) is 0 Å². The van der Waals surface area contributed by atoms with E-state index in [1.54, 1.807) is 54.0 Å². The molecule has 122 valence electrons. The summed E-state index contributed by atoms with van der Waals surface area (Å²) in [6, 6.07) is 7.13. The summed E-state index contributed by atoms with van der Waals surface area (Å²) in [5.41, 5.74) is 2.18. The minimum atomic E-state index is -0.240. The number of carbonyl (C=O) groups excluding carboxylic acids is 1. The van der Waals surface area contributed by atoms with Crippen LogP contribution < -0.4 is 5.32 Å². The third-order valence-corrected chi connectivity index (χ3v) is 4.22. The maximum Gasteiger partial charge on any atom is 0.257 e. The number of aromatic nitrogens is 5. The Bertz CT molecular complexity index is 997. The van der Waals surface area contributed by atoms with Gasteiger partial charge in [0.15, 0.2) is 5.13 Å². The van der Waals surface area contributed by atoms with Gasteiger partial charge in [0.1, 0.15) is 12.1 Å². The van der Waals surface area contributed by atoms with Crippen LogP contribution in [0.3, 0.4) is 0 Å². The van der Waals surface area contributed by atoms with Gasteiger partial charge in [0.05, 0.1) is 5.69 Å². The maximum atomic E-state index is 12.5. The molecule has 0 spiro atoms. The highest BCUT2D eigenvalue weighted by atomic mass is 32.1. The Labute approximate surface area is 147 Å². The summed E-state index contributed by atoms with van der Waals surface area (Å²) in [5, 5.41) is 5.23. The summed E-state index contributed by atoms with van der Waals surface area (Å²) in [7, 11) is 0. The van der Waals surface area contributed by atoms with Crippen LogP contribution in [0.1, 0.15) is 10.4 Å². The molecule has 0 aliphatic heterocycles. The van der Waals surface area contributed by atoms with E-state index < -0.39 is 0 Å². The quantitative estimate of drug-likeness (QED) is 0.613. The number of hydrogen-bond acceptors (Lipinski definition) is 6. The first-order valence-electron chi connectivity index (χ1n) is 7.41. The lowest BCUT2D eigenvalue weighted by atomic mass is 10.2. The number of hydrogen-bond donors (Lipinski definition) is 1. The fourth-order valence-corrected chi connectivity index (χ4v) is 2.96. The monoisotopic (exact) mass is 348 g/mol. The van der Waals surface area contributed by atoms with Crippen molar-refractivity contribution in [2.24, 2.45) is 0 Å². The fourth-order valence-electron chi connectivity index (χ4n) is 2.24. The molecule has 0 bridgehead atoms. The van der Waals surface area contributed by atoms with Crippen molar-refractivity contribution < 1.29 is 4.79 Å². The Morgan fingerprint density at radius 2 is 2.12 bits per heavy atom. The molecule has 0 fully saturated rings. The normalized spacial score (nSPS) is 10.6. The minimum absolute atomic E-state index is 0.240. The first-order valence-corrected chi connectivity index (χ1v) is 8.29. The predicted octanol–water partition coefficient (Wildman–Crippen LogP) is 3.04.